The van der Waals surface area contributed by atoms with E-state index in [9.17, 15) is 9.18 Å². The summed E-state index contributed by atoms with van der Waals surface area (Å²) in [5.41, 5.74) is 2.40. The zero-order chi connectivity index (χ0) is 14.0. The summed E-state index contributed by atoms with van der Waals surface area (Å²) in [6.07, 6.45) is 4.11. The van der Waals surface area contributed by atoms with E-state index >= 15 is 0 Å². The molecule has 0 fully saturated rings. The highest BCUT2D eigenvalue weighted by Crippen LogP contribution is 2.31. The minimum atomic E-state index is -0.519. The molecule has 0 N–H and O–H groups in total. The van der Waals surface area contributed by atoms with Gasteiger partial charge in [0.05, 0.1) is 12.7 Å². The van der Waals surface area contributed by atoms with Crippen LogP contribution in [-0.2, 0) is 11.2 Å². The Bertz CT molecular complexity index is 564. The van der Waals surface area contributed by atoms with Gasteiger partial charge in [0, 0.05) is 24.9 Å². The molecule has 19 heavy (non-hydrogen) atoms. The third kappa shape index (κ3) is 2.38. The highest BCUT2D eigenvalue weighted by Gasteiger charge is 2.23. The van der Waals surface area contributed by atoms with Crippen LogP contribution >= 0.6 is 0 Å². The van der Waals surface area contributed by atoms with Gasteiger partial charge in [-0.25, -0.2) is 9.18 Å². The van der Waals surface area contributed by atoms with Crippen LogP contribution in [0.15, 0.2) is 30.9 Å². The quantitative estimate of drug-likeness (QED) is 0.766. The van der Waals surface area contributed by atoms with E-state index in [1.54, 1.807) is 18.2 Å². The summed E-state index contributed by atoms with van der Waals surface area (Å²) in [5, 5.41) is 0. The normalized spacial score (nSPS) is 16.2. The highest BCUT2D eigenvalue weighted by molar-refractivity contribution is 5.90. The maximum atomic E-state index is 14.3. The van der Waals surface area contributed by atoms with Crippen molar-refractivity contribution in [2.24, 2.45) is 0 Å². The molecule has 1 aliphatic rings. The summed E-state index contributed by atoms with van der Waals surface area (Å²) >= 11 is 0. The summed E-state index contributed by atoms with van der Waals surface area (Å²) in [6, 6.07) is 2.93. The van der Waals surface area contributed by atoms with Gasteiger partial charge in [-0.3, -0.25) is 0 Å². The van der Waals surface area contributed by atoms with E-state index in [-0.39, 0.29) is 5.56 Å². The van der Waals surface area contributed by atoms with Gasteiger partial charge in [0.1, 0.15) is 5.82 Å². The van der Waals surface area contributed by atoms with E-state index in [0.717, 1.165) is 17.8 Å². The van der Waals surface area contributed by atoms with Crippen molar-refractivity contribution < 1.29 is 13.9 Å². The molecule has 0 aromatic heterocycles. The van der Waals surface area contributed by atoms with Gasteiger partial charge in [-0.2, -0.15) is 0 Å². The number of fused-ring (bicyclic) bond motifs is 1. The Balaban J connectivity index is 2.58. The number of nitrogens with zero attached hydrogens (tertiary/aromatic N) is 1. The van der Waals surface area contributed by atoms with Gasteiger partial charge in [0.25, 0.3) is 0 Å². The van der Waals surface area contributed by atoms with E-state index in [4.69, 9.17) is 0 Å². The largest absolute Gasteiger partial charge is 0.465 e. The lowest BCUT2D eigenvalue weighted by molar-refractivity contribution is 0.0600. The number of ether oxygens (including phenoxy) is 1. The first-order valence-corrected chi connectivity index (χ1v) is 6.03. The van der Waals surface area contributed by atoms with Crippen molar-refractivity contribution in [3.63, 3.8) is 0 Å². The third-order valence-electron chi connectivity index (χ3n) is 3.25. The van der Waals surface area contributed by atoms with Crippen LogP contribution in [0.1, 0.15) is 21.5 Å². The summed E-state index contributed by atoms with van der Waals surface area (Å²) in [7, 11) is 3.20. The summed E-state index contributed by atoms with van der Waals surface area (Å²) in [5.74, 6) is -0.924. The molecule has 0 spiro atoms. The number of allylic oxidation sites excluding steroid dienone is 2. The molecule has 0 radical (unpaired) electrons. The Hall–Kier alpha value is -2.10. The van der Waals surface area contributed by atoms with Gasteiger partial charge in [-0.05, 0) is 30.2 Å². The summed E-state index contributed by atoms with van der Waals surface area (Å²) in [4.78, 5) is 13.5. The molecule has 2 rings (SSSR count). The Morgan fingerprint density at radius 2 is 2.26 bits per heavy atom. The number of rotatable bonds is 2. The number of benzene rings is 1. The zero-order valence-electron chi connectivity index (χ0n) is 11.1. The fourth-order valence-electron chi connectivity index (χ4n) is 2.31. The standard InChI is InChI=1S/C15H16FNO2/c1-4-5-13-14-10(6-7-17(13)2)8-11(9-12(14)16)15(18)19-3/h4-5,8-9H,1,6-7H2,2-3H3/b13-5-. The number of carbonyl (C=O) groups is 1. The van der Waals surface area contributed by atoms with E-state index in [0.29, 0.717) is 12.0 Å². The molecule has 0 saturated carbocycles. The lowest BCUT2D eigenvalue weighted by Gasteiger charge is -2.30. The smallest absolute Gasteiger partial charge is 0.337 e. The number of esters is 1. The van der Waals surface area contributed by atoms with Crippen LogP contribution in [0.3, 0.4) is 0 Å². The summed E-state index contributed by atoms with van der Waals surface area (Å²) in [6.45, 7) is 4.43. The molecule has 4 heteroatoms. The molecule has 100 valence electrons. The molecule has 1 aliphatic heterocycles. The molecule has 1 heterocycles. The first kappa shape index (κ1) is 13.3. The second-order valence-electron chi connectivity index (χ2n) is 4.44. The van der Waals surface area contributed by atoms with Crippen LogP contribution in [-0.4, -0.2) is 31.6 Å². The predicted octanol–water partition coefficient (Wildman–Crippen LogP) is 2.63. The molecular formula is C15H16FNO2. The Morgan fingerprint density at radius 1 is 1.53 bits per heavy atom. The first-order chi connectivity index (χ1) is 9.08. The van der Waals surface area contributed by atoms with Crippen molar-refractivity contribution in [2.75, 3.05) is 20.7 Å². The predicted molar refractivity (Wildman–Crippen MR) is 72.2 cm³/mol. The third-order valence-corrected chi connectivity index (χ3v) is 3.25. The number of hydrogen-bond acceptors (Lipinski definition) is 3. The second-order valence-corrected chi connectivity index (χ2v) is 4.44. The number of halogens is 1. The number of methoxy groups -OCH3 is 1. The monoisotopic (exact) mass is 261 g/mol. The fourth-order valence-corrected chi connectivity index (χ4v) is 2.31. The number of hydrogen-bond donors (Lipinski definition) is 0. The molecule has 1 aromatic carbocycles. The number of likely N-dealkylation sites (N-methyl/N-ethyl adjacent to an activating group) is 1. The average molecular weight is 261 g/mol. The highest BCUT2D eigenvalue weighted by atomic mass is 19.1. The molecule has 0 amide bonds. The molecule has 0 unspecified atom stereocenters. The van der Waals surface area contributed by atoms with Gasteiger partial charge >= 0.3 is 5.97 Å². The second kappa shape index (κ2) is 5.26. The molecule has 0 bridgehead atoms. The SMILES string of the molecule is C=C/C=C1/c2c(F)cc(C(=O)OC)cc2CCN1C. The topological polar surface area (TPSA) is 29.5 Å². The minimum absolute atomic E-state index is 0.251. The van der Waals surface area contributed by atoms with Gasteiger partial charge in [0.2, 0.25) is 0 Å². The van der Waals surface area contributed by atoms with Crippen molar-refractivity contribution in [1.82, 2.24) is 4.90 Å². The van der Waals surface area contributed by atoms with Crippen molar-refractivity contribution in [1.29, 1.82) is 0 Å². The Labute approximate surface area is 112 Å². The van der Waals surface area contributed by atoms with E-state index in [2.05, 4.69) is 11.3 Å². The summed E-state index contributed by atoms with van der Waals surface area (Å²) < 4.78 is 18.9. The molecule has 0 saturated heterocycles. The molecule has 0 atom stereocenters. The molecule has 0 aliphatic carbocycles. The zero-order valence-corrected chi connectivity index (χ0v) is 11.1. The van der Waals surface area contributed by atoms with Crippen LogP contribution in [0, 0.1) is 5.82 Å². The van der Waals surface area contributed by atoms with E-state index in [1.165, 1.54) is 13.2 Å². The van der Waals surface area contributed by atoms with Gasteiger partial charge in [0.15, 0.2) is 0 Å². The van der Waals surface area contributed by atoms with Crippen molar-refractivity contribution in [3.8, 4) is 0 Å². The first-order valence-electron chi connectivity index (χ1n) is 6.03. The van der Waals surface area contributed by atoms with E-state index in [1.807, 2.05) is 11.9 Å². The average Bonchev–Trinajstić information content (AvgIpc) is 2.41. The Morgan fingerprint density at radius 3 is 2.89 bits per heavy atom. The van der Waals surface area contributed by atoms with Gasteiger partial charge in [-0.1, -0.05) is 12.7 Å². The van der Waals surface area contributed by atoms with E-state index < -0.39 is 11.8 Å². The van der Waals surface area contributed by atoms with Crippen molar-refractivity contribution in [3.05, 3.63) is 53.4 Å². The van der Waals surface area contributed by atoms with Gasteiger partial charge < -0.3 is 9.64 Å². The van der Waals surface area contributed by atoms with Crippen LogP contribution in [0.5, 0.6) is 0 Å². The maximum absolute atomic E-state index is 14.3. The molecule has 1 aromatic rings. The van der Waals surface area contributed by atoms with Crippen LogP contribution in [0.2, 0.25) is 0 Å². The Kier molecular flexibility index (Phi) is 3.69. The maximum Gasteiger partial charge on any atom is 0.337 e. The molecule has 3 nitrogen and oxygen atoms in total. The lowest BCUT2D eigenvalue weighted by atomic mass is 9.93. The van der Waals surface area contributed by atoms with Crippen LogP contribution < -0.4 is 0 Å². The van der Waals surface area contributed by atoms with Crippen molar-refractivity contribution in [2.45, 2.75) is 6.42 Å². The lowest BCUT2D eigenvalue weighted by Crippen LogP contribution is -2.27. The van der Waals surface area contributed by atoms with Crippen LogP contribution in [0.25, 0.3) is 5.70 Å². The fraction of sp³-hybridized carbons (Fsp3) is 0.267. The molecular weight excluding hydrogens is 245 g/mol. The van der Waals surface area contributed by atoms with Crippen molar-refractivity contribution >= 4 is 11.7 Å². The minimum Gasteiger partial charge on any atom is -0.465 e. The van der Waals surface area contributed by atoms with Gasteiger partial charge in [-0.15, -0.1) is 0 Å². The van der Waals surface area contributed by atoms with Crippen LogP contribution in [0.4, 0.5) is 4.39 Å². The number of carbonyl (C=O) groups excluding carboxylic acids is 1.